The third kappa shape index (κ3) is 6.41. The predicted molar refractivity (Wildman–Crippen MR) is 114 cm³/mol. The number of thioether (sulfide) groups is 1. The van der Waals surface area contributed by atoms with Gasteiger partial charge in [0.25, 0.3) is 5.91 Å². The van der Waals surface area contributed by atoms with Crippen molar-refractivity contribution >= 4 is 40.9 Å². The summed E-state index contributed by atoms with van der Waals surface area (Å²) in [5.41, 5.74) is 0.624. The molecule has 1 heterocycles. The van der Waals surface area contributed by atoms with Gasteiger partial charge in [0.1, 0.15) is 5.82 Å². The molecule has 2 amide bonds. The summed E-state index contributed by atoms with van der Waals surface area (Å²) in [6.07, 6.45) is 3.41. The van der Waals surface area contributed by atoms with Crippen LogP contribution in [-0.4, -0.2) is 39.7 Å². The highest BCUT2D eigenvalue weighted by molar-refractivity contribution is 7.99. The molecule has 0 aliphatic heterocycles. The third-order valence-electron chi connectivity index (χ3n) is 3.97. The van der Waals surface area contributed by atoms with Crippen molar-refractivity contribution in [2.24, 2.45) is 7.05 Å². The number of esters is 1. The third-order valence-corrected chi connectivity index (χ3v) is 5.03. The minimum atomic E-state index is -0.776. The summed E-state index contributed by atoms with van der Waals surface area (Å²) in [7, 11) is 1.82. The normalized spacial score (nSPS) is 10.4. The summed E-state index contributed by atoms with van der Waals surface area (Å²) < 4.78 is 20.0. The minimum Gasteiger partial charge on any atom is -0.452 e. The summed E-state index contributed by atoms with van der Waals surface area (Å²) in [5.74, 6) is -2.11. The largest absolute Gasteiger partial charge is 0.452 e. The molecule has 0 saturated carbocycles. The maximum absolute atomic E-state index is 13.2. The molecule has 1 aromatic heterocycles. The van der Waals surface area contributed by atoms with Gasteiger partial charge in [-0.15, -0.1) is 0 Å². The number of rotatable bonds is 8. The standard InChI is InChI=1S/C21H19FN4O4S/c1-26-10-9-23-21(26)31-13-19(28)25-17-8-3-2-7-16(17)20(29)30-12-18(27)24-15-6-4-5-14(22)11-15/h2-11H,12-13H2,1H3,(H,24,27)(H,25,28). The van der Waals surface area contributed by atoms with Gasteiger partial charge >= 0.3 is 5.97 Å². The Labute approximate surface area is 181 Å². The predicted octanol–water partition coefficient (Wildman–Crippen LogP) is 3.09. The molecule has 160 valence electrons. The molecule has 2 aromatic carbocycles. The fraction of sp³-hybridized carbons (Fsp3) is 0.143. The first-order chi connectivity index (χ1) is 14.9. The number of anilines is 2. The Morgan fingerprint density at radius 3 is 2.65 bits per heavy atom. The number of aromatic nitrogens is 2. The molecule has 8 nitrogen and oxygen atoms in total. The first-order valence-electron chi connectivity index (χ1n) is 9.14. The van der Waals surface area contributed by atoms with E-state index >= 15 is 0 Å². The van der Waals surface area contributed by atoms with Gasteiger partial charge in [-0.25, -0.2) is 14.2 Å². The van der Waals surface area contributed by atoms with E-state index in [0.717, 1.165) is 6.07 Å². The van der Waals surface area contributed by atoms with E-state index in [4.69, 9.17) is 4.74 Å². The minimum absolute atomic E-state index is 0.101. The molecule has 3 rings (SSSR count). The van der Waals surface area contributed by atoms with E-state index in [0.29, 0.717) is 5.16 Å². The van der Waals surface area contributed by atoms with Crippen molar-refractivity contribution < 1.29 is 23.5 Å². The zero-order valence-corrected chi connectivity index (χ0v) is 17.3. The smallest absolute Gasteiger partial charge is 0.340 e. The zero-order chi connectivity index (χ0) is 22.2. The number of ether oxygens (including phenoxy) is 1. The van der Waals surface area contributed by atoms with Crippen LogP contribution < -0.4 is 10.6 Å². The SMILES string of the molecule is Cn1ccnc1SCC(=O)Nc1ccccc1C(=O)OCC(=O)Nc1cccc(F)c1. The molecule has 0 fully saturated rings. The van der Waals surface area contributed by atoms with E-state index < -0.39 is 24.3 Å². The van der Waals surface area contributed by atoms with Gasteiger partial charge in [0.2, 0.25) is 5.91 Å². The van der Waals surface area contributed by atoms with Crippen LogP contribution in [0.1, 0.15) is 10.4 Å². The second-order valence-electron chi connectivity index (χ2n) is 6.34. The Balaban J connectivity index is 1.54. The summed E-state index contributed by atoms with van der Waals surface area (Å²) >= 11 is 1.26. The fourth-order valence-corrected chi connectivity index (χ4v) is 3.28. The maximum Gasteiger partial charge on any atom is 0.340 e. The molecule has 3 aromatic rings. The fourth-order valence-electron chi connectivity index (χ4n) is 2.55. The van der Waals surface area contributed by atoms with Crippen LogP contribution in [0.2, 0.25) is 0 Å². The number of nitrogens with one attached hydrogen (secondary N) is 2. The first kappa shape index (κ1) is 22.0. The molecular formula is C21H19FN4O4S. The number of nitrogens with zero attached hydrogens (tertiary/aromatic N) is 2. The van der Waals surface area contributed by atoms with Crippen molar-refractivity contribution in [1.82, 2.24) is 9.55 Å². The number of hydrogen-bond donors (Lipinski definition) is 2. The van der Waals surface area contributed by atoms with E-state index in [1.165, 1.54) is 36.0 Å². The van der Waals surface area contributed by atoms with Crippen LogP contribution in [0.5, 0.6) is 0 Å². The summed E-state index contributed by atoms with van der Waals surface area (Å²) in [5, 5.41) is 5.79. The molecule has 10 heteroatoms. The highest BCUT2D eigenvalue weighted by Gasteiger charge is 2.16. The number of carbonyl (C=O) groups is 3. The van der Waals surface area contributed by atoms with Crippen LogP contribution in [0.15, 0.2) is 66.1 Å². The highest BCUT2D eigenvalue weighted by atomic mass is 32.2. The van der Waals surface area contributed by atoms with Crippen LogP contribution in [0, 0.1) is 5.82 Å². The average Bonchev–Trinajstić information content (AvgIpc) is 3.15. The van der Waals surface area contributed by atoms with Gasteiger partial charge in [-0.1, -0.05) is 30.0 Å². The monoisotopic (exact) mass is 442 g/mol. The van der Waals surface area contributed by atoms with Crippen LogP contribution in [0.25, 0.3) is 0 Å². The second-order valence-corrected chi connectivity index (χ2v) is 7.28. The van der Waals surface area contributed by atoms with Gasteiger partial charge < -0.3 is 19.9 Å². The molecular weight excluding hydrogens is 423 g/mol. The van der Waals surface area contributed by atoms with Gasteiger partial charge in [-0.2, -0.15) is 0 Å². The van der Waals surface area contributed by atoms with E-state index in [1.54, 1.807) is 35.2 Å². The molecule has 0 saturated heterocycles. The van der Waals surface area contributed by atoms with Gasteiger partial charge in [0, 0.05) is 25.1 Å². The van der Waals surface area contributed by atoms with Gasteiger partial charge in [-0.05, 0) is 30.3 Å². The van der Waals surface area contributed by atoms with E-state index in [-0.39, 0.29) is 28.6 Å². The number of aryl methyl sites for hydroxylation is 1. The summed E-state index contributed by atoms with van der Waals surface area (Å²) in [6.45, 7) is -0.563. The molecule has 31 heavy (non-hydrogen) atoms. The Bertz CT molecular complexity index is 1100. The number of amides is 2. The number of benzene rings is 2. The number of imidazole rings is 1. The Morgan fingerprint density at radius 1 is 1.10 bits per heavy atom. The van der Waals surface area contributed by atoms with Crippen molar-refractivity contribution in [3.63, 3.8) is 0 Å². The Hall–Kier alpha value is -3.66. The van der Waals surface area contributed by atoms with Crippen molar-refractivity contribution in [3.8, 4) is 0 Å². The van der Waals surface area contributed by atoms with Gasteiger partial charge in [0.15, 0.2) is 11.8 Å². The van der Waals surface area contributed by atoms with Crippen LogP contribution >= 0.6 is 11.8 Å². The van der Waals surface area contributed by atoms with Crippen molar-refractivity contribution in [1.29, 1.82) is 0 Å². The van der Waals surface area contributed by atoms with Crippen molar-refractivity contribution in [2.45, 2.75) is 5.16 Å². The molecule has 0 atom stereocenters. The van der Waals surface area contributed by atoms with Crippen molar-refractivity contribution in [3.05, 3.63) is 72.3 Å². The van der Waals surface area contributed by atoms with Crippen LogP contribution in [0.3, 0.4) is 0 Å². The van der Waals surface area contributed by atoms with E-state index in [1.807, 2.05) is 7.05 Å². The zero-order valence-electron chi connectivity index (χ0n) is 16.5. The molecule has 0 spiro atoms. The van der Waals surface area contributed by atoms with Crippen LogP contribution in [-0.2, 0) is 21.4 Å². The Morgan fingerprint density at radius 2 is 1.90 bits per heavy atom. The average molecular weight is 442 g/mol. The molecule has 0 aliphatic carbocycles. The lowest BCUT2D eigenvalue weighted by molar-refractivity contribution is -0.119. The van der Waals surface area contributed by atoms with Gasteiger partial charge in [-0.3, -0.25) is 9.59 Å². The molecule has 0 unspecified atom stereocenters. The molecule has 0 radical (unpaired) electrons. The summed E-state index contributed by atoms with van der Waals surface area (Å²) in [4.78, 5) is 40.8. The number of carbonyl (C=O) groups excluding carboxylic acids is 3. The van der Waals surface area contributed by atoms with Crippen LogP contribution in [0.4, 0.5) is 15.8 Å². The number of para-hydroxylation sites is 1. The second kappa shape index (κ2) is 10.4. The quantitative estimate of drug-likeness (QED) is 0.411. The molecule has 0 bridgehead atoms. The lowest BCUT2D eigenvalue weighted by Crippen LogP contribution is -2.22. The maximum atomic E-state index is 13.2. The molecule has 0 aliphatic rings. The number of hydrogen-bond acceptors (Lipinski definition) is 6. The lowest BCUT2D eigenvalue weighted by atomic mass is 10.2. The Kier molecular flexibility index (Phi) is 7.39. The topological polar surface area (TPSA) is 102 Å². The lowest BCUT2D eigenvalue weighted by Gasteiger charge is -2.11. The van der Waals surface area contributed by atoms with Crippen molar-refractivity contribution in [2.75, 3.05) is 23.0 Å². The highest BCUT2D eigenvalue weighted by Crippen LogP contribution is 2.19. The number of halogens is 1. The molecule has 2 N–H and O–H groups in total. The van der Waals surface area contributed by atoms with Gasteiger partial charge in [0.05, 0.1) is 17.0 Å². The van der Waals surface area contributed by atoms with E-state index in [9.17, 15) is 18.8 Å². The summed E-state index contributed by atoms with van der Waals surface area (Å²) in [6, 6.07) is 11.7. The first-order valence-corrected chi connectivity index (χ1v) is 10.1. The van der Waals surface area contributed by atoms with E-state index in [2.05, 4.69) is 15.6 Å².